The molecule has 0 spiro atoms. The minimum atomic E-state index is -0.0692. The van der Waals surface area contributed by atoms with Gasteiger partial charge in [0.2, 0.25) is 5.91 Å². The van der Waals surface area contributed by atoms with Crippen molar-refractivity contribution in [3.05, 3.63) is 47.5 Å². The Labute approximate surface area is 159 Å². The Morgan fingerprint density at radius 3 is 2.41 bits per heavy atom. The number of benzene rings is 1. The molecule has 7 nitrogen and oxygen atoms in total. The van der Waals surface area contributed by atoms with Gasteiger partial charge in [-0.3, -0.25) is 14.7 Å². The highest BCUT2D eigenvalue weighted by atomic mass is 16.2. The lowest BCUT2D eigenvalue weighted by molar-refractivity contribution is -0.126. The molecule has 1 fully saturated rings. The number of hydrogen-bond acceptors (Lipinski definition) is 4. The molecule has 144 valence electrons. The number of H-pyrrole nitrogens is 1. The predicted molar refractivity (Wildman–Crippen MR) is 102 cm³/mol. The summed E-state index contributed by atoms with van der Waals surface area (Å²) in [5.74, 6) is 0.610. The van der Waals surface area contributed by atoms with Crippen molar-refractivity contribution < 1.29 is 9.59 Å². The maximum absolute atomic E-state index is 12.7. The van der Waals surface area contributed by atoms with Crippen LogP contribution in [0.25, 0.3) is 0 Å². The number of likely N-dealkylation sites (tertiary alicyclic amines) is 1. The largest absolute Gasteiger partial charge is 0.349 e. The van der Waals surface area contributed by atoms with Gasteiger partial charge < -0.3 is 10.2 Å². The Morgan fingerprint density at radius 1 is 1.19 bits per heavy atom. The zero-order valence-corrected chi connectivity index (χ0v) is 16.2. The molecule has 1 aromatic heterocycles. The van der Waals surface area contributed by atoms with Crippen LogP contribution in [0.5, 0.6) is 0 Å². The van der Waals surface area contributed by atoms with Gasteiger partial charge in [0.05, 0.1) is 6.54 Å². The number of nitrogens with one attached hydrogen (secondary N) is 2. The zero-order chi connectivity index (χ0) is 19.4. The Morgan fingerprint density at radius 2 is 1.85 bits per heavy atom. The molecule has 0 atom stereocenters. The molecule has 0 bridgehead atoms. The standard InChI is InChI=1S/C20H27N5O2/c1-20(2,3)16-6-4-15(5-7-16)19(27)25-10-8-14(9-11-25)18(26)21-12-17-22-13-23-24-17/h4-7,13-14H,8-12H2,1-3H3,(H,21,26)(H,22,23,24). The third kappa shape index (κ3) is 4.72. The molecule has 0 aliphatic carbocycles. The number of carbonyl (C=O) groups excluding carboxylic acids is 2. The molecule has 7 heteroatoms. The maximum Gasteiger partial charge on any atom is 0.253 e. The second-order valence-electron chi connectivity index (χ2n) is 8.04. The molecule has 0 saturated carbocycles. The summed E-state index contributed by atoms with van der Waals surface area (Å²) in [6.45, 7) is 8.00. The van der Waals surface area contributed by atoms with Gasteiger partial charge in [0.25, 0.3) is 5.91 Å². The number of aromatic nitrogens is 3. The normalized spacial score (nSPS) is 15.6. The molecule has 2 aromatic rings. The SMILES string of the molecule is CC(C)(C)c1ccc(C(=O)N2CCC(C(=O)NCc3ncn[nH]3)CC2)cc1. The monoisotopic (exact) mass is 369 g/mol. The van der Waals surface area contributed by atoms with E-state index in [4.69, 9.17) is 0 Å². The molecular weight excluding hydrogens is 342 g/mol. The summed E-state index contributed by atoms with van der Waals surface area (Å²) >= 11 is 0. The van der Waals surface area contributed by atoms with Crippen molar-refractivity contribution in [2.45, 2.75) is 45.6 Å². The fourth-order valence-corrected chi connectivity index (χ4v) is 3.27. The predicted octanol–water partition coefficient (Wildman–Crippen LogP) is 2.27. The molecule has 2 amide bonds. The fourth-order valence-electron chi connectivity index (χ4n) is 3.27. The Hall–Kier alpha value is -2.70. The number of nitrogens with zero attached hydrogens (tertiary/aromatic N) is 3. The van der Waals surface area contributed by atoms with Gasteiger partial charge in [0.1, 0.15) is 12.2 Å². The lowest BCUT2D eigenvalue weighted by atomic mass is 9.86. The van der Waals surface area contributed by atoms with Crippen molar-refractivity contribution in [1.82, 2.24) is 25.4 Å². The van der Waals surface area contributed by atoms with E-state index in [-0.39, 0.29) is 23.1 Å². The first kappa shape index (κ1) is 19.1. The van der Waals surface area contributed by atoms with Gasteiger partial charge in [0.15, 0.2) is 0 Å². The van der Waals surface area contributed by atoms with E-state index in [1.807, 2.05) is 29.2 Å². The van der Waals surface area contributed by atoms with Gasteiger partial charge in [0, 0.05) is 24.6 Å². The van der Waals surface area contributed by atoms with E-state index in [0.717, 1.165) is 0 Å². The highest BCUT2D eigenvalue weighted by Crippen LogP contribution is 2.24. The summed E-state index contributed by atoms with van der Waals surface area (Å²) < 4.78 is 0. The smallest absolute Gasteiger partial charge is 0.253 e. The molecule has 2 heterocycles. The molecule has 1 saturated heterocycles. The third-order valence-electron chi connectivity index (χ3n) is 5.05. The quantitative estimate of drug-likeness (QED) is 0.865. The number of hydrogen-bond donors (Lipinski definition) is 2. The van der Waals surface area contributed by atoms with Crippen molar-refractivity contribution in [1.29, 1.82) is 0 Å². The zero-order valence-electron chi connectivity index (χ0n) is 16.2. The topological polar surface area (TPSA) is 91.0 Å². The Balaban J connectivity index is 1.51. The number of piperidine rings is 1. The summed E-state index contributed by atoms with van der Waals surface area (Å²) in [5.41, 5.74) is 1.98. The lowest BCUT2D eigenvalue weighted by Gasteiger charge is -2.31. The average molecular weight is 369 g/mol. The molecule has 1 aliphatic heterocycles. The molecule has 0 unspecified atom stereocenters. The highest BCUT2D eigenvalue weighted by Gasteiger charge is 2.28. The third-order valence-corrected chi connectivity index (χ3v) is 5.05. The minimum Gasteiger partial charge on any atom is -0.349 e. The number of aromatic amines is 1. The van der Waals surface area contributed by atoms with Gasteiger partial charge in [-0.15, -0.1) is 0 Å². The van der Waals surface area contributed by atoms with Crippen molar-refractivity contribution >= 4 is 11.8 Å². The highest BCUT2D eigenvalue weighted by molar-refractivity contribution is 5.94. The van der Waals surface area contributed by atoms with Crippen molar-refractivity contribution in [2.24, 2.45) is 5.92 Å². The van der Waals surface area contributed by atoms with Crippen LogP contribution in [0.3, 0.4) is 0 Å². The summed E-state index contributed by atoms with van der Waals surface area (Å²) in [7, 11) is 0. The van der Waals surface area contributed by atoms with Gasteiger partial charge in [-0.2, -0.15) is 5.10 Å². The van der Waals surface area contributed by atoms with E-state index in [2.05, 4.69) is 41.3 Å². The van der Waals surface area contributed by atoms with E-state index < -0.39 is 0 Å². The maximum atomic E-state index is 12.7. The second kappa shape index (κ2) is 7.90. The van der Waals surface area contributed by atoms with Gasteiger partial charge in [-0.05, 0) is 36.0 Å². The van der Waals surface area contributed by atoms with E-state index in [9.17, 15) is 9.59 Å². The van der Waals surface area contributed by atoms with Crippen LogP contribution in [-0.2, 0) is 16.8 Å². The molecular formula is C20H27N5O2. The van der Waals surface area contributed by atoms with Crippen LogP contribution in [0.2, 0.25) is 0 Å². The summed E-state index contributed by atoms with van der Waals surface area (Å²) in [4.78, 5) is 30.8. The molecule has 2 N–H and O–H groups in total. The van der Waals surface area contributed by atoms with Crippen LogP contribution < -0.4 is 5.32 Å². The fraction of sp³-hybridized carbons (Fsp3) is 0.500. The van der Waals surface area contributed by atoms with Gasteiger partial charge in [-0.1, -0.05) is 32.9 Å². The number of amides is 2. The Kier molecular flexibility index (Phi) is 5.58. The van der Waals surface area contributed by atoms with Crippen molar-refractivity contribution in [2.75, 3.05) is 13.1 Å². The van der Waals surface area contributed by atoms with Crippen LogP contribution >= 0.6 is 0 Å². The van der Waals surface area contributed by atoms with Crippen LogP contribution in [0.1, 0.15) is 55.4 Å². The molecule has 0 radical (unpaired) electrons. The number of rotatable bonds is 4. The second-order valence-corrected chi connectivity index (χ2v) is 8.04. The van der Waals surface area contributed by atoms with Crippen LogP contribution in [0.15, 0.2) is 30.6 Å². The van der Waals surface area contributed by atoms with Crippen LogP contribution in [-0.4, -0.2) is 45.0 Å². The summed E-state index contributed by atoms with van der Waals surface area (Å²) in [5, 5.41) is 9.35. The van der Waals surface area contributed by atoms with E-state index in [1.54, 1.807) is 0 Å². The van der Waals surface area contributed by atoms with Crippen LogP contribution in [0, 0.1) is 5.92 Å². The van der Waals surface area contributed by atoms with Crippen molar-refractivity contribution in [3.63, 3.8) is 0 Å². The van der Waals surface area contributed by atoms with Crippen LogP contribution in [0.4, 0.5) is 0 Å². The summed E-state index contributed by atoms with van der Waals surface area (Å²) in [6, 6.07) is 7.85. The van der Waals surface area contributed by atoms with E-state index in [1.165, 1.54) is 11.9 Å². The Bertz CT molecular complexity index is 770. The van der Waals surface area contributed by atoms with E-state index in [0.29, 0.717) is 43.9 Å². The minimum absolute atomic E-state index is 0.00743. The number of carbonyl (C=O) groups is 2. The van der Waals surface area contributed by atoms with E-state index >= 15 is 0 Å². The summed E-state index contributed by atoms with van der Waals surface area (Å²) in [6.07, 6.45) is 2.77. The molecule has 1 aromatic carbocycles. The first-order valence-electron chi connectivity index (χ1n) is 9.36. The molecule has 27 heavy (non-hydrogen) atoms. The van der Waals surface area contributed by atoms with Gasteiger partial charge in [-0.25, -0.2) is 4.98 Å². The average Bonchev–Trinajstić information content (AvgIpc) is 3.19. The first-order chi connectivity index (χ1) is 12.8. The van der Waals surface area contributed by atoms with Gasteiger partial charge >= 0.3 is 0 Å². The lowest BCUT2D eigenvalue weighted by Crippen LogP contribution is -2.43. The molecule has 3 rings (SSSR count). The molecule has 1 aliphatic rings. The van der Waals surface area contributed by atoms with Crippen molar-refractivity contribution in [3.8, 4) is 0 Å². The first-order valence-corrected chi connectivity index (χ1v) is 9.36.